The molecular weight excluding hydrogens is 382 g/mol. The zero-order valence-corrected chi connectivity index (χ0v) is 17.6. The summed E-state index contributed by atoms with van der Waals surface area (Å²) in [5, 5.41) is 3.42. The zero-order chi connectivity index (χ0) is 21.3. The van der Waals surface area contributed by atoms with E-state index in [0.29, 0.717) is 11.4 Å². The highest BCUT2D eigenvalue weighted by molar-refractivity contribution is 6.22. The van der Waals surface area contributed by atoms with Gasteiger partial charge in [-0.05, 0) is 51.0 Å². The van der Waals surface area contributed by atoms with E-state index in [4.69, 9.17) is 4.74 Å². The average molecular weight is 409 g/mol. The van der Waals surface area contributed by atoms with Gasteiger partial charge in [0.2, 0.25) is 5.91 Å². The van der Waals surface area contributed by atoms with E-state index in [2.05, 4.69) is 20.2 Å². The number of rotatable bonds is 5. The summed E-state index contributed by atoms with van der Waals surface area (Å²) in [5.41, 5.74) is 1.55. The van der Waals surface area contributed by atoms with E-state index in [9.17, 15) is 9.59 Å². The number of carbonyl (C=O) groups excluding carboxylic acids is 2. The van der Waals surface area contributed by atoms with E-state index in [1.165, 1.54) is 4.90 Å². The van der Waals surface area contributed by atoms with Crippen LogP contribution in [0.25, 0.3) is 0 Å². The van der Waals surface area contributed by atoms with Gasteiger partial charge in [-0.3, -0.25) is 9.59 Å². The fourth-order valence-electron chi connectivity index (χ4n) is 4.18. The van der Waals surface area contributed by atoms with Crippen LogP contribution in [0, 0.1) is 13.8 Å². The van der Waals surface area contributed by atoms with Crippen molar-refractivity contribution in [2.24, 2.45) is 0 Å². The first kappa shape index (κ1) is 20.3. The van der Waals surface area contributed by atoms with Gasteiger partial charge in [0, 0.05) is 30.9 Å². The van der Waals surface area contributed by atoms with E-state index in [1.807, 2.05) is 19.9 Å². The third-order valence-corrected chi connectivity index (χ3v) is 5.69. The number of amides is 2. The minimum Gasteiger partial charge on any atom is -0.497 e. The van der Waals surface area contributed by atoms with Gasteiger partial charge in [0.1, 0.15) is 17.4 Å². The molecule has 2 saturated heterocycles. The second-order valence-corrected chi connectivity index (χ2v) is 7.86. The first-order valence-corrected chi connectivity index (χ1v) is 10.3. The molecular formula is C22H27N5O3. The highest BCUT2D eigenvalue weighted by atomic mass is 16.5. The van der Waals surface area contributed by atoms with Crippen molar-refractivity contribution in [1.82, 2.24) is 15.3 Å². The van der Waals surface area contributed by atoms with E-state index < -0.39 is 6.04 Å². The molecule has 1 aromatic carbocycles. The fraction of sp³-hybridized carbons (Fsp3) is 0.455. The number of carbonyl (C=O) groups is 2. The third kappa shape index (κ3) is 4.14. The lowest BCUT2D eigenvalue weighted by atomic mass is 10.0. The largest absolute Gasteiger partial charge is 0.497 e. The second kappa shape index (κ2) is 8.39. The number of hydrogen-bond acceptors (Lipinski definition) is 7. The summed E-state index contributed by atoms with van der Waals surface area (Å²) in [5.74, 6) is 2.06. The van der Waals surface area contributed by atoms with E-state index in [1.54, 1.807) is 31.4 Å². The monoisotopic (exact) mass is 409 g/mol. The van der Waals surface area contributed by atoms with Crippen LogP contribution in [-0.4, -0.2) is 54.1 Å². The van der Waals surface area contributed by atoms with Gasteiger partial charge in [-0.25, -0.2) is 14.9 Å². The average Bonchev–Trinajstić information content (AvgIpc) is 3.01. The van der Waals surface area contributed by atoms with Crippen molar-refractivity contribution >= 4 is 23.3 Å². The zero-order valence-electron chi connectivity index (χ0n) is 17.6. The molecule has 1 atom stereocenters. The highest BCUT2D eigenvalue weighted by Gasteiger charge is 2.40. The molecule has 3 heterocycles. The molecule has 1 aromatic heterocycles. The van der Waals surface area contributed by atoms with E-state index in [-0.39, 0.29) is 24.3 Å². The maximum Gasteiger partial charge on any atom is 0.251 e. The molecule has 8 heteroatoms. The van der Waals surface area contributed by atoms with Gasteiger partial charge in [0.15, 0.2) is 0 Å². The summed E-state index contributed by atoms with van der Waals surface area (Å²) in [6.45, 7) is 5.58. The number of imide groups is 1. The quantitative estimate of drug-likeness (QED) is 0.756. The highest BCUT2D eigenvalue weighted by Crippen LogP contribution is 2.26. The number of piperidine rings is 1. The SMILES string of the molecule is COc1ccc(N2C(=O)C[C@H](NC3CCN(c4cc(C)nc(C)n4)CC3)C2=O)cc1. The first-order chi connectivity index (χ1) is 14.4. The fourth-order valence-corrected chi connectivity index (χ4v) is 4.18. The molecule has 2 aliphatic heterocycles. The second-order valence-electron chi connectivity index (χ2n) is 7.86. The number of benzene rings is 1. The molecule has 158 valence electrons. The topological polar surface area (TPSA) is 87.7 Å². The maximum atomic E-state index is 12.9. The van der Waals surface area contributed by atoms with Crippen LogP contribution >= 0.6 is 0 Å². The van der Waals surface area contributed by atoms with Crippen LogP contribution in [0.2, 0.25) is 0 Å². The van der Waals surface area contributed by atoms with Crippen LogP contribution in [0.15, 0.2) is 30.3 Å². The van der Waals surface area contributed by atoms with Crippen LogP contribution in [0.3, 0.4) is 0 Å². The van der Waals surface area contributed by atoms with Gasteiger partial charge in [-0.2, -0.15) is 0 Å². The lowest BCUT2D eigenvalue weighted by Gasteiger charge is -2.34. The Morgan fingerprint density at radius 3 is 2.40 bits per heavy atom. The minimum atomic E-state index is -0.473. The molecule has 2 aliphatic rings. The Labute approximate surface area is 176 Å². The lowest BCUT2D eigenvalue weighted by Crippen LogP contribution is -2.49. The van der Waals surface area contributed by atoms with Crippen molar-refractivity contribution in [1.29, 1.82) is 0 Å². The summed E-state index contributed by atoms with van der Waals surface area (Å²) in [7, 11) is 1.58. The van der Waals surface area contributed by atoms with Gasteiger partial charge < -0.3 is 15.0 Å². The van der Waals surface area contributed by atoms with E-state index >= 15 is 0 Å². The van der Waals surface area contributed by atoms with Crippen molar-refractivity contribution < 1.29 is 14.3 Å². The number of nitrogens with zero attached hydrogens (tertiary/aromatic N) is 4. The molecule has 2 amide bonds. The number of ether oxygens (including phenoxy) is 1. The van der Waals surface area contributed by atoms with Crippen LogP contribution < -0.4 is 19.9 Å². The Hall–Kier alpha value is -3.00. The smallest absolute Gasteiger partial charge is 0.251 e. The summed E-state index contributed by atoms with van der Waals surface area (Å²) in [4.78, 5) is 37.8. The van der Waals surface area contributed by atoms with Gasteiger partial charge >= 0.3 is 0 Å². The van der Waals surface area contributed by atoms with E-state index in [0.717, 1.165) is 43.3 Å². The molecule has 0 saturated carbocycles. The Morgan fingerprint density at radius 1 is 1.07 bits per heavy atom. The Balaban J connectivity index is 1.36. The number of anilines is 2. The van der Waals surface area contributed by atoms with Crippen LogP contribution in [0.1, 0.15) is 30.8 Å². The van der Waals surface area contributed by atoms with Crippen molar-refractivity contribution in [3.05, 3.63) is 41.9 Å². The Bertz CT molecular complexity index is 918. The standard InChI is InChI=1S/C22H27N5O3/c1-14-12-20(24-15(2)23-14)26-10-8-16(9-11-26)25-19-13-21(28)27(22(19)29)17-4-6-18(30-3)7-5-17/h4-7,12,16,19,25H,8-11,13H2,1-3H3/t19-/m0/s1. The predicted octanol–water partition coefficient (Wildman–Crippen LogP) is 1.99. The maximum absolute atomic E-state index is 12.9. The summed E-state index contributed by atoms with van der Waals surface area (Å²) in [6.07, 6.45) is 1.97. The molecule has 0 spiro atoms. The molecule has 2 aromatic rings. The molecule has 0 radical (unpaired) electrons. The number of aromatic nitrogens is 2. The third-order valence-electron chi connectivity index (χ3n) is 5.69. The summed E-state index contributed by atoms with van der Waals surface area (Å²) in [6, 6.07) is 8.71. The Kier molecular flexibility index (Phi) is 5.67. The van der Waals surface area contributed by atoms with Gasteiger partial charge in [0.05, 0.1) is 25.3 Å². The predicted molar refractivity (Wildman–Crippen MR) is 114 cm³/mol. The molecule has 4 rings (SSSR count). The van der Waals surface area contributed by atoms with Crippen LogP contribution in [0.4, 0.5) is 11.5 Å². The number of aryl methyl sites for hydroxylation is 2. The number of methoxy groups -OCH3 is 1. The van der Waals surface area contributed by atoms with Crippen LogP contribution in [-0.2, 0) is 9.59 Å². The van der Waals surface area contributed by atoms with Crippen molar-refractivity contribution in [3.63, 3.8) is 0 Å². The molecule has 0 unspecified atom stereocenters. The molecule has 30 heavy (non-hydrogen) atoms. The van der Waals surface area contributed by atoms with Gasteiger partial charge in [-0.1, -0.05) is 0 Å². The Morgan fingerprint density at radius 2 is 1.77 bits per heavy atom. The molecule has 1 N–H and O–H groups in total. The molecule has 0 bridgehead atoms. The first-order valence-electron chi connectivity index (χ1n) is 10.3. The minimum absolute atomic E-state index is 0.174. The lowest BCUT2D eigenvalue weighted by molar-refractivity contribution is -0.121. The molecule has 2 fully saturated rings. The summed E-state index contributed by atoms with van der Waals surface area (Å²) < 4.78 is 5.15. The van der Waals surface area contributed by atoms with Crippen LogP contribution in [0.5, 0.6) is 5.75 Å². The van der Waals surface area contributed by atoms with Gasteiger partial charge in [-0.15, -0.1) is 0 Å². The molecule has 8 nitrogen and oxygen atoms in total. The number of nitrogens with one attached hydrogen (secondary N) is 1. The van der Waals surface area contributed by atoms with Crippen molar-refractivity contribution in [3.8, 4) is 5.75 Å². The van der Waals surface area contributed by atoms with Gasteiger partial charge in [0.25, 0.3) is 5.91 Å². The molecule has 0 aliphatic carbocycles. The summed E-state index contributed by atoms with van der Waals surface area (Å²) >= 11 is 0. The number of hydrogen-bond donors (Lipinski definition) is 1. The normalized spacial score (nSPS) is 20.2. The van der Waals surface area contributed by atoms with Crippen molar-refractivity contribution in [2.75, 3.05) is 30.0 Å². The van der Waals surface area contributed by atoms with Crippen molar-refractivity contribution in [2.45, 2.75) is 45.2 Å².